The van der Waals surface area contributed by atoms with Gasteiger partial charge in [0.2, 0.25) is 0 Å². The lowest BCUT2D eigenvalue weighted by atomic mass is 9.96. The molecule has 1 aliphatic rings. The highest BCUT2D eigenvalue weighted by atomic mass is 16.6. The first-order chi connectivity index (χ1) is 12.3. The van der Waals surface area contributed by atoms with E-state index in [1.54, 1.807) is 7.11 Å². The number of likely N-dealkylation sites (N-methyl/N-ethyl adjacent to an activating group) is 1. The van der Waals surface area contributed by atoms with Crippen LogP contribution in [0, 0.1) is 0 Å². The van der Waals surface area contributed by atoms with Crippen molar-refractivity contribution in [1.29, 1.82) is 0 Å². The Balaban J connectivity index is 2.15. The van der Waals surface area contributed by atoms with Gasteiger partial charge in [0.1, 0.15) is 11.4 Å². The van der Waals surface area contributed by atoms with Gasteiger partial charge in [-0.3, -0.25) is 10.2 Å². The second kappa shape index (κ2) is 9.30. The molecule has 1 unspecified atom stereocenters. The molecule has 26 heavy (non-hydrogen) atoms. The minimum absolute atomic E-state index is 0.351. The van der Waals surface area contributed by atoms with Crippen LogP contribution in [0.4, 0.5) is 10.6 Å². The number of pyridine rings is 1. The van der Waals surface area contributed by atoms with Crippen molar-refractivity contribution in [3.8, 4) is 0 Å². The largest absolute Gasteiger partial charge is 0.444 e. The van der Waals surface area contributed by atoms with Crippen molar-refractivity contribution in [1.82, 2.24) is 9.88 Å². The van der Waals surface area contributed by atoms with Gasteiger partial charge in [0.05, 0.1) is 18.9 Å². The van der Waals surface area contributed by atoms with Crippen molar-refractivity contribution in [3.63, 3.8) is 0 Å². The average Bonchev–Trinajstić information content (AvgIpc) is 3.05. The Morgan fingerprint density at radius 1 is 1.42 bits per heavy atom. The Bertz CT molecular complexity index is 595. The summed E-state index contributed by atoms with van der Waals surface area (Å²) in [6.45, 7) is 9.14. The number of hydrogen-bond donors (Lipinski definition) is 1. The van der Waals surface area contributed by atoms with Crippen LogP contribution >= 0.6 is 0 Å². The molecule has 1 fully saturated rings. The van der Waals surface area contributed by atoms with Crippen LogP contribution in [0.5, 0.6) is 0 Å². The zero-order chi connectivity index (χ0) is 19.2. The van der Waals surface area contributed by atoms with E-state index < -0.39 is 11.7 Å². The Morgan fingerprint density at radius 3 is 2.81 bits per heavy atom. The van der Waals surface area contributed by atoms with Crippen molar-refractivity contribution in [2.75, 3.05) is 45.8 Å². The summed E-state index contributed by atoms with van der Waals surface area (Å²) in [5, 5.41) is 2.73. The van der Waals surface area contributed by atoms with Crippen LogP contribution < -0.4 is 5.32 Å². The average molecular weight is 365 g/mol. The number of ether oxygens (including phenoxy) is 3. The van der Waals surface area contributed by atoms with Crippen LogP contribution in [0.2, 0.25) is 0 Å². The van der Waals surface area contributed by atoms with Crippen molar-refractivity contribution in [3.05, 3.63) is 23.4 Å². The fraction of sp³-hybridized carbons (Fsp3) is 0.684. The molecule has 1 aliphatic heterocycles. The molecular formula is C19H31N3O4. The number of anilines is 1. The molecule has 7 nitrogen and oxygen atoms in total. The molecule has 1 amide bonds. The van der Waals surface area contributed by atoms with Gasteiger partial charge in [-0.05, 0) is 45.9 Å². The summed E-state index contributed by atoms with van der Waals surface area (Å²) in [6.07, 6.45) is 0.496. The minimum atomic E-state index is -0.547. The number of nitrogens with zero attached hydrogens (tertiary/aromatic N) is 2. The highest BCUT2D eigenvalue weighted by molar-refractivity contribution is 5.83. The van der Waals surface area contributed by atoms with Gasteiger partial charge in [-0.15, -0.1) is 0 Å². The number of carbonyl (C=O) groups excluding carboxylic acids is 1. The van der Waals surface area contributed by atoms with Gasteiger partial charge in [-0.1, -0.05) is 6.07 Å². The Morgan fingerprint density at radius 2 is 2.19 bits per heavy atom. The van der Waals surface area contributed by atoms with Gasteiger partial charge in [0.25, 0.3) is 0 Å². The van der Waals surface area contributed by atoms with E-state index in [-0.39, 0.29) is 0 Å². The third kappa shape index (κ3) is 6.55. The van der Waals surface area contributed by atoms with E-state index in [1.165, 1.54) is 5.56 Å². The van der Waals surface area contributed by atoms with E-state index in [1.807, 2.05) is 40.0 Å². The summed E-state index contributed by atoms with van der Waals surface area (Å²) >= 11 is 0. The first kappa shape index (κ1) is 20.6. The number of methoxy groups -OCH3 is 1. The summed E-state index contributed by atoms with van der Waals surface area (Å²) in [6, 6.07) is 3.87. The molecule has 0 aromatic carbocycles. The molecule has 0 saturated carbocycles. The number of rotatable bonds is 7. The SMILES string of the molecule is COCCN(C)Cc1nc(NC(=O)OC(C)(C)C)ccc1C1CCOC1. The lowest BCUT2D eigenvalue weighted by Crippen LogP contribution is -2.28. The summed E-state index contributed by atoms with van der Waals surface area (Å²) in [5.74, 6) is 0.848. The Hall–Kier alpha value is -1.70. The molecule has 1 N–H and O–H groups in total. The van der Waals surface area contributed by atoms with Crippen molar-refractivity contribution in [2.24, 2.45) is 0 Å². The molecular weight excluding hydrogens is 334 g/mol. The van der Waals surface area contributed by atoms with Crippen LogP contribution in [-0.4, -0.2) is 62.1 Å². The summed E-state index contributed by atoms with van der Waals surface area (Å²) < 4.78 is 16.0. The zero-order valence-corrected chi connectivity index (χ0v) is 16.5. The smallest absolute Gasteiger partial charge is 0.413 e. The Kier molecular flexibility index (Phi) is 7.37. The molecule has 7 heteroatoms. The molecule has 0 spiro atoms. The van der Waals surface area contributed by atoms with Crippen LogP contribution in [-0.2, 0) is 20.8 Å². The van der Waals surface area contributed by atoms with E-state index in [0.717, 1.165) is 31.9 Å². The molecule has 0 radical (unpaired) electrons. The first-order valence-corrected chi connectivity index (χ1v) is 9.03. The van der Waals surface area contributed by atoms with Gasteiger partial charge < -0.3 is 14.2 Å². The van der Waals surface area contributed by atoms with Gasteiger partial charge in [0, 0.05) is 32.7 Å². The van der Waals surface area contributed by atoms with Crippen LogP contribution in [0.15, 0.2) is 12.1 Å². The number of hydrogen-bond acceptors (Lipinski definition) is 6. The summed E-state index contributed by atoms with van der Waals surface area (Å²) in [5.41, 5.74) is 1.59. The van der Waals surface area contributed by atoms with E-state index in [4.69, 9.17) is 14.2 Å². The molecule has 2 heterocycles. The van der Waals surface area contributed by atoms with Gasteiger partial charge in [0.15, 0.2) is 0 Å². The maximum Gasteiger partial charge on any atom is 0.413 e. The quantitative estimate of drug-likeness (QED) is 0.801. The Labute approximate surface area is 156 Å². The fourth-order valence-corrected chi connectivity index (χ4v) is 2.85. The van der Waals surface area contributed by atoms with E-state index >= 15 is 0 Å². The highest BCUT2D eigenvalue weighted by Gasteiger charge is 2.23. The molecule has 2 rings (SSSR count). The third-order valence-electron chi connectivity index (χ3n) is 4.10. The number of aromatic nitrogens is 1. The number of amides is 1. The first-order valence-electron chi connectivity index (χ1n) is 9.03. The molecule has 0 aliphatic carbocycles. The topological polar surface area (TPSA) is 72.9 Å². The number of carbonyl (C=O) groups is 1. The molecule has 1 saturated heterocycles. The molecule has 1 aromatic rings. The maximum atomic E-state index is 12.0. The zero-order valence-electron chi connectivity index (χ0n) is 16.5. The van der Waals surface area contributed by atoms with E-state index in [9.17, 15) is 4.79 Å². The standard InChI is InChI=1S/C19H31N3O4/c1-19(2,3)26-18(23)21-17-7-6-15(14-8-10-25-13-14)16(20-17)12-22(4)9-11-24-5/h6-7,14H,8-13H2,1-5H3,(H,20,21,23). The van der Waals surface area contributed by atoms with Crippen LogP contribution in [0.3, 0.4) is 0 Å². The minimum Gasteiger partial charge on any atom is -0.444 e. The van der Waals surface area contributed by atoms with Crippen molar-refractivity contribution in [2.45, 2.75) is 45.3 Å². The molecule has 1 atom stereocenters. The van der Waals surface area contributed by atoms with Crippen molar-refractivity contribution >= 4 is 11.9 Å². The van der Waals surface area contributed by atoms with E-state index in [2.05, 4.69) is 15.2 Å². The summed E-state index contributed by atoms with van der Waals surface area (Å²) in [4.78, 5) is 18.9. The van der Waals surface area contributed by atoms with Crippen molar-refractivity contribution < 1.29 is 19.0 Å². The normalized spacial score (nSPS) is 17.5. The van der Waals surface area contributed by atoms with Gasteiger partial charge >= 0.3 is 6.09 Å². The number of nitrogens with one attached hydrogen (secondary N) is 1. The third-order valence-corrected chi connectivity index (χ3v) is 4.10. The predicted octanol–water partition coefficient (Wildman–Crippen LogP) is 3.01. The highest BCUT2D eigenvalue weighted by Crippen LogP contribution is 2.29. The predicted molar refractivity (Wildman–Crippen MR) is 100 cm³/mol. The lowest BCUT2D eigenvalue weighted by molar-refractivity contribution is 0.0635. The second-order valence-corrected chi connectivity index (χ2v) is 7.65. The van der Waals surface area contributed by atoms with Crippen LogP contribution in [0.1, 0.15) is 44.4 Å². The fourth-order valence-electron chi connectivity index (χ4n) is 2.85. The van der Waals surface area contributed by atoms with Gasteiger partial charge in [-0.2, -0.15) is 0 Å². The van der Waals surface area contributed by atoms with Gasteiger partial charge in [-0.25, -0.2) is 9.78 Å². The van der Waals surface area contributed by atoms with E-state index in [0.29, 0.717) is 24.9 Å². The monoisotopic (exact) mass is 365 g/mol. The molecule has 146 valence electrons. The molecule has 0 bridgehead atoms. The second-order valence-electron chi connectivity index (χ2n) is 7.65. The van der Waals surface area contributed by atoms with Crippen LogP contribution in [0.25, 0.3) is 0 Å². The maximum absolute atomic E-state index is 12.0. The molecule has 1 aromatic heterocycles. The summed E-state index contributed by atoms with van der Waals surface area (Å²) in [7, 11) is 3.72. The lowest BCUT2D eigenvalue weighted by Gasteiger charge is -2.22.